The Morgan fingerprint density at radius 3 is 2.20 bits per heavy atom. The van der Waals surface area contributed by atoms with Crippen molar-refractivity contribution in [3.8, 4) is 11.4 Å². The van der Waals surface area contributed by atoms with Crippen molar-refractivity contribution in [2.45, 2.75) is 0 Å². The van der Waals surface area contributed by atoms with Gasteiger partial charge in [0.05, 0.1) is 10.9 Å². The topological polar surface area (TPSA) is 49.0 Å². The van der Waals surface area contributed by atoms with Crippen LogP contribution >= 0.6 is 0 Å². The lowest BCUT2D eigenvalue weighted by Gasteiger charge is -2.19. The normalized spacial score (nSPS) is 10.8. The van der Waals surface area contributed by atoms with Gasteiger partial charge in [-0.05, 0) is 48.5 Å². The first-order chi connectivity index (χ1) is 12.2. The van der Waals surface area contributed by atoms with Crippen molar-refractivity contribution in [3.63, 3.8) is 0 Å². The minimum atomic E-state index is -0.119. The summed E-state index contributed by atoms with van der Waals surface area (Å²) in [4.78, 5) is 21.8. The molecule has 0 unspecified atom stereocenters. The molecule has 1 heterocycles. The molecule has 0 aliphatic heterocycles. The minimum Gasteiger partial charge on any atom is -0.345 e. The molecule has 0 bridgehead atoms. The Morgan fingerprint density at radius 1 is 0.800 bits per heavy atom. The number of aromatic amines is 1. The SMILES string of the molecule is CN(c1ccccc1)c1ccc(-c2nc3ccccc3c(=O)[nH]2)cc1. The van der Waals surface area contributed by atoms with Crippen molar-refractivity contribution >= 4 is 22.3 Å². The maximum atomic E-state index is 12.2. The van der Waals surface area contributed by atoms with E-state index in [-0.39, 0.29) is 5.56 Å². The van der Waals surface area contributed by atoms with Gasteiger partial charge in [-0.2, -0.15) is 0 Å². The predicted octanol–water partition coefficient (Wildman–Crippen LogP) is 4.36. The van der Waals surface area contributed by atoms with Crippen LogP contribution in [0.5, 0.6) is 0 Å². The Labute approximate surface area is 145 Å². The van der Waals surface area contributed by atoms with Gasteiger partial charge in [-0.25, -0.2) is 4.98 Å². The summed E-state index contributed by atoms with van der Waals surface area (Å²) in [6.45, 7) is 0. The highest BCUT2D eigenvalue weighted by Crippen LogP contribution is 2.25. The number of nitrogens with one attached hydrogen (secondary N) is 1. The number of anilines is 2. The number of aromatic nitrogens is 2. The zero-order valence-corrected chi connectivity index (χ0v) is 13.8. The van der Waals surface area contributed by atoms with E-state index in [2.05, 4.69) is 27.0 Å². The van der Waals surface area contributed by atoms with Gasteiger partial charge in [0.15, 0.2) is 0 Å². The molecule has 0 aliphatic carbocycles. The number of hydrogen-bond donors (Lipinski definition) is 1. The van der Waals surface area contributed by atoms with E-state index < -0.39 is 0 Å². The van der Waals surface area contributed by atoms with E-state index in [4.69, 9.17) is 0 Å². The van der Waals surface area contributed by atoms with Crippen molar-refractivity contribution in [1.82, 2.24) is 9.97 Å². The molecule has 0 fully saturated rings. The molecule has 4 aromatic rings. The second kappa shape index (κ2) is 6.24. The Bertz CT molecular complexity index is 1070. The summed E-state index contributed by atoms with van der Waals surface area (Å²) in [5.74, 6) is 0.581. The third kappa shape index (κ3) is 2.90. The third-order valence-electron chi connectivity index (χ3n) is 4.28. The number of H-pyrrole nitrogens is 1. The van der Waals surface area contributed by atoms with Crippen molar-refractivity contribution in [2.75, 3.05) is 11.9 Å². The molecule has 0 spiro atoms. The summed E-state index contributed by atoms with van der Waals surface area (Å²) >= 11 is 0. The lowest BCUT2D eigenvalue weighted by molar-refractivity contribution is 1.17. The molecule has 0 radical (unpaired) electrons. The monoisotopic (exact) mass is 327 g/mol. The number of para-hydroxylation sites is 2. The zero-order valence-electron chi connectivity index (χ0n) is 13.8. The van der Waals surface area contributed by atoms with Crippen LogP contribution in [-0.4, -0.2) is 17.0 Å². The van der Waals surface area contributed by atoms with Crippen LogP contribution in [0.1, 0.15) is 0 Å². The van der Waals surface area contributed by atoms with E-state index in [0.717, 1.165) is 16.9 Å². The second-order valence-corrected chi connectivity index (χ2v) is 5.87. The fourth-order valence-corrected chi connectivity index (χ4v) is 2.87. The van der Waals surface area contributed by atoms with Crippen LogP contribution in [0.4, 0.5) is 11.4 Å². The van der Waals surface area contributed by atoms with Gasteiger partial charge < -0.3 is 9.88 Å². The van der Waals surface area contributed by atoms with Gasteiger partial charge in [-0.3, -0.25) is 4.79 Å². The maximum absolute atomic E-state index is 12.2. The molecule has 4 heteroatoms. The Morgan fingerprint density at radius 2 is 1.44 bits per heavy atom. The minimum absolute atomic E-state index is 0.119. The van der Waals surface area contributed by atoms with Crippen LogP contribution in [-0.2, 0) is 0 Å². The summed E-state index contributed by atoms with van der Waals surface area (Å²) in [5.41, 5.74) is 3.65. The van der Waals surface area contributed by atoms with Gasteiger partial charge >= 0.3 is 0 Å². The molecule has 4 nitrogen and oxygen atoms in total. The van der Waals surface area contributed by atoms with Crippen LogP contribution in [0.25, 0.3) is 22.3 Å². The number of hydrogen-bond acceptors (Lipinski definition) is 3. The lowest BCUT2D eigenvalue weighted by Crippen LogP contribution is -2.10. The fraction of sp³-hybridized carbons (Fsp3) is 0.0476. The first-order valence-electron chi connectivity index (χ1n) is 8.11. The summed E-state index contributed by atoms with van der Waals surface area (Å²) in [5, 5.41) is 0.603. The van der Waals surface area contributed by atoms with Crippen LogP contribution < -0.4 is 10.5 Å². The smallest absolute Gasteiger partial charge is 0.259 e. The maximum Gasteiger partial charge on any atom is 0.259 e. The highest BCUT2D eigenvalue weighted by atomic mass is 16.1. The van der Waals surface area contributed by atoms with Crippen LogP contribution in [0.2, 0.25) is 0 Å². The van der Waals surface area contributed by atoms with E-state index in [1.165, 1.54) is 0 Å². The van der Waals surface area contributed by atoms with Gasteiger partial charge in [-0.1, -0.05) is 30.3 Å². The number of fused-ring (bicyclic) bond motifs is 1. The first kappa shape index (κ1) is 15.1. The average molecular weight is 327 g/mol. The molecule has 1 N–H and O–H groups in total. The molecule has 3 aromatic carbocycles. The zero-order chi connectivity index (χ0) is 17.2. The van der Waals surface area contributed by atoms with Crippen LogP contribution in [0.3, 0.4) is 0 Å². The second-order valence-electron chi connectivity index (χ2n) is 5.87. The number of nitrogens with zero attached hydrogens (tertiary/aromatic N) is 2. The highest BCUT2D eigenvalue weighted by molar-refractivity contribution is 5.79. The first-order valence-corrected chi connectivity index (χ1v) is 8.11. The van der Waals surface area contributed by atoms with Gasteiger partial charge in [0.1, 0.15) is 5.82 Å². The van der Waals surface area contributed by atoms with Crippen molar-refractivity contribution in [1.29, 1.82) is 0 Å². The molecular weight excluding hydrogens is 310 g/mol. The van der Waals surface area contributed by atoms with E-state index in [1.54, 1.807) is 6.07 Å². The van der Waals surface area contributed by atoms with Gasteiger partial charge in [0.25, 0.3) is 5.56 Å². The summed E-state index contributed by atoms with van der Waals surface area (Å²) in [6.07, 6.45) is 0. The van der Waals surface area contributed by atoms with E-state index in [9.17, 15) is 4.79 Å². The Kier molecular flexibility index (Phi) is 3.78. The van der Waals surface area contributed by atoms with Crippen molar-refractivity contribution in [3.05, 3.63) is 89.2 Å². The fourth-order valence-electron chi connectivity index (χ4n) is 2.87. The van der Waals surface area contributed by atoms with Crippen molar-refractivity contribution in [2.24, 2.45) is 0 Å². The Balaban J connectivity index is 1.70. The molecule has 0 atom stereocenters. The number of benzene rings is 3. The third-order valence-corrected chi connectivity index (χ3v) is 4.28. The summed E-state index contributed by atoms with van der Waals surface area (Å²) in [6, 6.07) is 25.5. The molecule has 0 amide bonds. The van der Waals surface area contributed by atoms with Gasteiger partial charge in [0, 0.05) is 24.0 Å². The highest BCUT2D eigenvalue weighted by Gasteiger charge is 2.07. The largest absolute Gasteiger partial charge is 0.345 e. The predicted molar refractivity (Wildman–Crippen MR) is 102 cm³/mol. The Hall–Kier alpha value is -3.40. The number of rotatable bonds is 3. The molecule has 122 valence electrons. The van der Waals surface area contributed by atoms with Crippen LogP contribution in [0, 0.1) is 0 Å². The van der Waals surface area contributed by atoms with Crippen LogP contribution in [0.15, 0.2) is 83.7 Å². The molecule has 0 saturated carbocycles. The van der Waals surface area contributed by atoms with E-state index in [1.807, 2.05) is 67.7 Å². The molecule has 0 aliphatic rings. The summed E-state index contributed by atoms with van der Waals surface area (Å²) < 4.78 is 0. The molecule has 25 heavy (non-hydrogen) atoms. The average Bonchev–Trinajstić information content (AvgIpc) is 2.68. The lowest BCUT2D eigenvalue weighted by atomic mass is 10.1. The van der Waals surface area contributed by atoms with Gasteiger partial charge in [0.2, 0.25) is 0 Å². The van der Waals surface area contributed by atoms with Gasteiger partial charge in [-0.15, -0.1) is 0 Å². The molecule has 1 aromatic heterocycles. The van der Waals surface area contributed by atoms with E-state index >= 15 is 0 Å². The standard InChI is InChI=1S/C21H17N3O/c1-24(16-7-3-2-4-8-16)17-13-11-15(12-14-17)20-22-19-10-6-5-9-18(19)21(25)23-20/h2-14H,1H3,(H,22,23,25). The summed E-state index contributed by atoms with van der Waals surface area (Å²) in [7, 11) is 2.03. The quantitative estimate of drug-likeness (QED) is 0.608. The van der Waals surface area contributed by atoms with E-state index in [0.29, 0.717) is 16.7 Å². The molecule has 0 saturated heterocycles. The molecule has 4 rings (SSSR count). The molecular formula is C21H17N3O. The van der Waals surface area contributed by atoms with Crippen molar-refractivity contribution < 1.29 is 0 Å².